The van der Waals surface area contributed by atoms with Crippen molar-refractivity contribution in [3.05, 3.63) is 35.9 Å². The van der Waals surface area contributed by atoms with Crippen LogP contribution in [0.3, 0.4) is 0 Å². The fraction of sp³-hybridized carbons (Fsp3) is 0.611. The van der Waals surface area contributed by atoms with E-state index in [9.17, 15) is 4.79 Å². The maximum absolute atomic E-state index is 12.6. The zero-order valence-electron chi connectivity index (χ0n) is 12.9. The highest BCUT2D eigenvalue weighted by molar-refractivity contribution is 5.83. The Balaban J connectivity index is 1.47. The van der Waals surface area contributed by atoms with Gasteiger partial charge in [0.2, 0.25) is 5.91 Å². The molecule has 3 heteroatoms. The lowest BCUT2D eigenvalue weighted by atomic mass is 9.97. The van der Waals surface area contributed by atoms with Crippen molar-refractivity contribution in [1.82, 2.24) is 10.2 Å². The van der Waals surface area contributed by atoms with Gasteiger partial charge >= 0.3 is 0 Å². The molecule has 1 N–H and O–H groups in total. The molecule has 1 unspecified atom stereocenters. The van der Waals surface area contributed by atoms with Crippen LogP contribution in [0.4, 0.5) is 0 Å². The Hall–Kier alpha value is -1.35. The van der Waals surface area contributed by atoms with E-state index >= 15 is 0 Å². The number of rotatable bonds is 5. The highest BCUT2D eigenvalue weighted by atomic mass is 16.2. The van der Waals surface area contributed by atoms with E-state index in [0.29, 0.717) is 6.04 Å². The first-order valence-electron chi connectivity index (χ1n) is 8.31. The SMILES string of the molecule is CC(C(=O)N1CCC(NCC2CC2)CC1)c1ccccc1. The molecule has 0 aromatic heterocycles. The van der Waals surface area contributed by atoms with Crippen molar-refractivity contribution in [3.63, 3.8) is 0 Å². The molecule has 21 heavy (non-hydrogen) atoms. The number of piperidine rings is 1. The Morgan fingerprint density at radius 3 is 2.48 bits per heavy atom. The summed E-state index contributed by atoms with van der Waals surface area (Å²) >= 11 is 0. The van der Waals surface area contributed by atoms with Crippen LogP contribution in [0.1, 0.15) is 44.1 Å². The molecule has 1 amide bonds. The second-order valence-electron chi connectivity index (χ2n) is 6.58. The first-order valence-corrected chi connectivity index (χ1v) is 8.31. The number of hydrogen-bond acceptors (Lipinski definition) is 2. The number of carbonyl (C=O) groups excluding carboxylic acids is 1. The van der Waals surface area contributed by atoms with Gasteiger partial charge in [0.1, 0.15) is 0 Å². The van der Waals surface area contributed by atoms with E-state index in [0.717, 1.165) is 37.4 Å². The number of benzene rings is 1. The molecule has 0 spiro atoms. The van der Waals surface area contributed by atoms with Gasteiger partial charge in [-0.15, -0.1) is 0 Å². The lowest BCUT2D eigenvalue weighted by Crippen LogP contribution is -2.46. The summed E-state index contributed by atoms with van der Waals surface area (Å²) in [5.74, 6) is 1.19. The van der Waals surface area contributed by atoms with Crippen LogP contribution in [-0.4, -0.2) is 36.5 Å². The predicted octanol–water partition coefficient (Wildman–Crippen LogP) is 2.78. The first-order chi connectivity index (χ1) is 10.2. The van der Waals surface area contributed by atoms with Gasteiger partial charge in [-0.3, -0.25) is 4.79 Å². The summed E-state index contributed by atoms with van der Waals surface area (Å²) in [5, 5.41) is 3.67. The molecule has 2 aliphatic rings. The lowest BCUT2D eigenvalue weighted by molar-refractivity contribution is -0.133. The van der Waals surface area contributed by atoms with Crippen LogP contribution in [0.2, 0.25) is 0 Å². The van der Waals surface area contributed by atoms with Crippen molar-refractivity contribution < 1.29 is 4.79 Å². The molecule has 3 nitrogen and oxygen atoms in total. The van der Waals surface area contributed by atoms with Crippen molar-refractivity contribution >= 4 is 5.91 Å². The highest BCUT2D eigenvalue weighted by Gasteiger charge is 2.28. The van der Waals surface area contributed by atoms with Crippen molar-refractivity contribution in [2.45, 2.75) is 44.6 Å². The molecule has 1 aromatic rings. The van der Waals surface area contributed by atoms with E-state index in [2.05, 4.69) is 5.32 Å². The lowest BCUT2D eigenvalue weighted by Gasteiger charge is -2.34. The van der Waals surface area contributed by atoms with Crippen LogP contribution in [0.15, 0.2) is 30.3 Å². The summed E-state index contributed by atoms with van der Waals surface area (Å²) in [6.07, 6.45) is 5.00. The third-order valence-corrected chi connectivity index (χ3v) is 4.87. The molecule has 2 fully saturated rings. The van der Waals surface area contributed by atoms with Gasteiger partial charge in [-0.2, -0.15) is 0 Å². The number of likely N-dealkylation sites (tertiary alicyclic amines) is 1. The van der Waals surface area contributed by atoms with E-state index in [-0.39, 0.29) is 11.8 Å². The number of carbonyl (C=O) groups is 1. The van der Waals surface area contributed by atoms with E-state index in [1.165, 1.54) is 19.4 Å². The summed E-state index contributed by atoms with van der Waals surface area (Å²) in [5.41, 5.74) is 1.12. The topological polar surface area (TPSA) is 32.3 Å². The summed E-state index contributed by atoms with van der Waals surface area (Å²) in [6.45, 7) is 5.00. The van der Waals surface area contributed by atoms with Crippen LogP contribution in [0.5, 0.6) is 0 Å². The Bertz CT molecular complexity index is 461. The maximum Gasteiger partial charge on any atom is 0.229 e. The monoisotopic (exact) mass is 286 g/mol. The second-order valence-corrected chi connectivity index (χ2v) is 6.58. The van der Waals surface area contributed by atoms with Crippen LogP contribution >= 0.6 is 0 Å². The van der Waals surface area contributed by atoms with Gasteiger partial charge in [0, 0.05) is 19.1 Å². The number of amides is 1. The Labute approximate surface area is 127 Å². The molecule has 1 saturated carbocycles. The van der Waals surface area contributed by atoms with E-state index < -0.39 is 0 Å². The fourth-order valence-electron chi connectivity index (χ4n) is 3.12. The third kappa shape index (κ3) is 3.85. The molecule has 1 heterocycles. The summed E-state index contributed by atoms with van der Waals surface area (Å²) in [7, 11) is 0. The van der Waals surface area contributed by atoms with Crippen LogP contribution < -0.4 is 5.32 Å². The van der Waals surface area contributed by atoms with Gasteiger partial charge in [0.25, 0.3) is 0 Å². The number of nitrogens with one attached hydrogen (secondary N) is 1. The molecule has 1 aliphatic carbocycles. The number of nitrogens with zero attached hydrogens (tertiary/aromatic N) is 1. The molecule has 1 atom stereocenters. The summed E-state index contributed by atoms with van der Waals surface area (Å²) in [4.78, 5) is 14.6. The molecule has 114 valence electrons. The van der Waals surface area contributed by atoms with Crippen molar-refractivity contribution in [2.24, 2.45) is 5.92 Å². The van der Waals surface area contributed by atoms with Crippen molar-refractivity contribution in [3.8, 4) is 0 Å². The average molecular weight is 286 g/mol. The zero-order valence-corrected chi connectivity index (χ0v) is 12.9. The van der Waals surface area contributed by atoms with Crippen LogP contribution in [-0.2, 0) is 4.79 Å². The van der Waals surface area contributed by atoms with Gasteiger partial charge in [0.15, 0.2) is 0 Å². The normalized spacial score (nSPS) is 21.3. The molecular formula is C18H26N2O. The minimum absolute atomic E-state index is 0.0258. The van der Waals surface area contributed by atoms with Gasteiger partial charge in [-0.25, -0.2) is 0 Å². The average Bonchev–Trinajstić information content (AvgIpc) is 3.37. The van der Waals surface area contributed by atoms with Crippen molar-refractivity contribution in [2.75, 3.05) is 19.6 Å². The fourth-order valence-corrected chi connectivity index (χ4v) is 3.12. The second kappa shape index (κ2) is 6.61. The Morgan fingerprint density at radius 2 is 1.86 bits per heavy atom. The smallest absolute Gasteiger partial charge is 0.229 e. The Kier molecular flexibility index (Phi) is 4.59. The minimum atomic E-state index is -0.0258. The van der Waals surface area contributed by atoms with Gasteiger partial charge in [-0.1, -0.05) is 30.3 Å². The molecule has 0 bridgehead atoms. The molecule has 0 radical (unpaired) electrons. The maximum atomic E-state index is 12.6. The zero-order chi connectivity index (χ0) is 14.7. The van der Waals surface area contributed by atoms with Gasteiger partial charge < -0.3 is 10.2 Å². The quantitative estimate of drug-likeness (QED) is 0.902. The molecule has 1 aromatic carbocycles. The third-order valence-electron chi connectivity index (χ3n) is 4.87. The molecular weight excluding hydrogens is 260 g/mol. The first kappa shape index (κ1) is 14.6. The van der Waals surface area contributed by atoms with E-state index in [1.807, 2.05) is 42.2 Å². The van der Waals surface area contributed by atoms with E-state index in [4.69, 9.17) is 0 Å². The van der Waals surface area contributed by atoms with Gasteiger partial charge in [-0.05, 0) is 50.6 Å². The largest absolute Gasteiger partial charge is 0.342 e. The standard InChI is InChI=1S/C18H26N2O/c1-14(16-5-3-2-4-6-16)18(21)20-11-9-17(10-12-20)19-13-15-7-8-15/h2-6,14-15,17,19H,7-13H2,1H3. The van der Waals surface area contributed by atoms with Gasteiger partial charge in [0.05, 0.1) is 5.92 Å². The summed E-state index contributed by atoms with van der Waals surface area (Å²) in [6, 6.07) is 10.7. The molecule has 3 rings (SSSR count). The Morgan fingerprint density at radius 1 is 1.19 bits per heavy atom. The minimum Gasteiger partial charge on any atom is -0.342 e. The van der Waals surface area contributed by atoms with Crippen molar-refractivity contribution in [1.29, 1.82) is 0 Å². The molecule has 1 saturated heterocycles. The van der Waals surface area contributed by atoms with E-state index in [1.54, 1.807) is 0 Å². The summed E-state index contributed by atoms with van der Waals surface area (Å²) < 4.78 is 0. The molecule has 1 aliphatic heterocycles. The predicted molar refractivity (Wildman–Crippen MR) is 85.2 cm³/mol. The number of hydrogen-bond donors (Lipinski definition) is 1. The highest BCUT2D eigenvalue weighted by Crippen LogP contribution is 2.28. The van der Waals surface area contributed by atoms with Crippen LogP contribution in [0.25, 0.3) is 0 Å². The van der Waals surface area contributed by atoms with Crippen LogP contribution in [0, 0.1) is 5.92 Å².